The molecule has 4 amide bonds. The summed E-state index contributed by atoms with van der Waals surface area (Å²) < 4.78 is 5.38. The Morgan fingerprint density at radius 2 is 2.00 bits per heavy atom. The van der Waals surface area contributed by atoms with Gasteiger partial charge < -0.3 is 15.4 Å². The minimum absolute atomic E-state index is 0.156. The van der Waals surface area contributed by atoms with E-state index < -0.39 is 12.1 Å². The van der Waals surface area contributed by atoms with Gasteiger partial charge in [-0.3, -0.25) is 14.5 Å². The van der Waals surface area contributed by atoms with Crippen molar-refractivity contribution in [3.05, 3.63) is 35.9 Å². The molecular formula is C18H25N3O4. The van der Waals surface area contributed by atoms with Crippen molar-refractivity contribution in [2.24, 2.45) is 0 Å². The minimum atomic E-state index is -0.623. The predicted molar refractivity (Wildman–Crippen MR) is 92.9 cm³/mol. The summed E-state index contributed by atoms with van der Waals surface area (Å²) >= 11 is 0. The number of carbonyl (C=O) groups is 3. The van der Waals surface area contributed by atoms with Crippen LogP contribution in [0.5, 0.6) is 0 Å². The lowest BCUT2D eigenvalue weighted by Crippen LogP contribution is -2.41. The number of nitrogens with one attached hydrogen (secondary N) is 2. The minimum Gasteiger partial charge on any atom is -0.379 e. The average molecular weight is 347 g/mol. The second-order valence-corrected chi connectivity index (χ2v) is 6.24. The molecule has 1 saturated heterocycles. The average Bonchev–Trinajstić information content (AvgIpc) is 2.83. The number of urea groups is 1. The molecule has 1 aliphatic rings. The van der Waals surface area contributed by atoms with Crippen LogP contribution in [0.4, 0.5) is 4.79 Å². The molecule has 2 rings (SSSR count). The van der Waals surface area contributed by atoms with Crippen LogP contribution in [0.3, 0.4) is 0 Å². The molecule has 1 aromatic rings. The van der Waals surface area contributed by atoms with E-state index in [0.29, 0.717) is 26.0 Å². The maximum Gasteiger partial charge on any atom is 0.325 e. The van der Waals surface area contributed by atoms with Crippen molar-refractivity contribution in [2.75, 3.05) is 19.7 Å². The molecule has 1 heterocycles. The maximum atomic E-state index is 12.3. The highest BCUT2D eigenvalue weighted by Crippen LogP contribution is 2.11. The summed E-state index contributed by atoms with van der Waals surface area (Å²) in [5.41, 5.74) is 0.956. The highest BCUT2D eigenvalue weighted by atomic mass is 16.5. The second kappa shape index (κ2) is 9.17. The Labute approximate surface area is 147 Å². The summed E-state index contributed by atoms with van der Waals surface area (Å²) in [4.78, 5) is 37.2. The van der Waals surface area contributed by atoms with Gasteiger partial charge in [0.2, 0.25) is 5.91 Å². The Hall–Kier alpha value is -2.41. The van der Waals surface area contributed by atoms with Gasteiger partial charge in [0.1, 0.15) is 12.6 Å². The Morgan fingerprint density at radius 1 is 1.28 bits per heavy atom. The number of carbonyl (C=O) groups excluding carboxylic acids is 3. The molecular weight excluding hydrogens is 322 g/mol. The molecule has 2 N–H and O–H groups in total. The SMILES string of the molecule is CC(C)OCCCNC(=O)CN1C(=O)NC(Cc2ccccc2)C1=O. The first-order valence-corrected chi connectivity index (χ1v) is 8.51. The van der Waals surface area contributed by atoms with E-state index in [1.807, 2.05) is 44.2 Å². The van der Waals surface area contributed by atoms with Gasteiger partial charge in [-0.2, -0.15) is 0 Å². The van der Waals surface area contributed by atoms with Crippen molar-refractivity contribution in [1.29, 1.82) is 0 Å². The fraction of sp³-hybridized carbons (Fsp3) is 0.500. The van der Waals surface area contributed by atoms with E-state index in [4.69, 9.17) is 4.74 Å². The standard InChI is InChI=1S/C18H25N3O4/c1-13(2)25-10-6-9-19-16(22)12-21-17(23)15(20-18(21)24)11-14-7-4-3-5-8-14/h3-5,7-8,13,15H,6,9-12H2,1-2H3,(H,19,22)(H,20,24). The monoisotopic (exact) mass is 347 g/mol. The molecule has 0 aliphatic carbocycles. The van der Waals surface area contributed by atoms with E-state index in [-0.39, 0.29) is 24.5 Å². The summed E-state index contributed by atoms with van der Waals surface area (Å²) in [7, 11) is 0. The van der Waals surface area contributed by atoms with Crippen molar-refractivity contribution >= 4 is 17.8 Å². The molecule has 7 nitrogen and oxygen atoms in total. The van der Waals surface area contributed by atoms with Crippen LogP contribution in [0.15, 0.2) is 30.3 Å². The summed E-state index contributed by atoms with van der Waals surface area (Å²) in [5, 5.41) is 5.33. The van der Waals surface area contributed by atoms with Crippen molar-refractivity contribution < 1.29 is 19.1 Å². The van der Waals surface area contributed by atoms with Crippen LogP contribution in [0.2, 0.25) is 0 Å². The zero-order valence-corrected chi connectivity index (χ0v) is 14.7. The number of hydrogen-bond acceptors (Lipinski definition) is 4. The van der Waals surface area contributed by atoms with Crippen LogP contribution in [0, 0.1) is 0 Å². The number of rotatable bonds is 9. The number of imide groups is 1. The van der Waals surface area contributed by atoms with E-state index in [1.54, 1.807) is 0 Å². The number of amides is 4. The van der Waals surface area contributed by atoms with Crippen LogP contribution >= 0.6 is 0 Å². The molecule has 1 unspecified atom stereocenters. The molecule has 0 bridgehead atoms. The van der Waals surface area contributed by atoms with Gasteiger partial charge in [-0.25, -0.2) is 4.79 Å². The number of hydrogen-bond donors (Lipinski definition) is 2. The summed E-state index contributed by atoms with van der Waals surface area (Å²) in [6.45, 7) is 4.63. The zero-order chi connectivity index (χ0) is 18.2. The third kappa shape index (κ3) is 5.86. The molecule has 0 aromatic heterocycles. The van der Waals surface area contributed by atoms with Crippen molar-refractivity contribution in [2.45, 2.75) is 38.8 Å². The van der Waals surface area contributed by atoms with Crippen LogP contribution in [-0.2, 0) is 20.7 Å². The number of nitrogens with zero attached hydrogens (tertiary/aromatic N) is 1. The quantitative estimate of drug-likeness (QED) is 0.517. The molecule has 1 aromatic carbocycles. The topological polar surface area (TPSA) is 87.7 Å². The molecule has 7 heteroatoms. The highest BCUT2D eigenvalue weighted by Gasteiger charge is 2.38. The summed E-state index contributed by atoms with van der Waals surface area (Å²) in [6.07, 6.45) is 1.25. The van der Waals surface area contributed by atoms with Crippen LogP contribution in [-0.4, -0.2) is 54.6 Å². The Balaban J connectivity index is 1.77. The molecule has 0 spiro atoms. The summed E-state index contributed by atoms with van der Waals surface area (Å²) in [5.74, 6) is -0.722. The first-order valence-electron chi connectivity index (χ1n) is 8.51. The smallest absolute Gasteiger partial charge is 0.325 e. The maximum absolute atomic E-state index is 12.3. The first kappa shape index (κ1) is 18.9. The zero-order valence-electron chi connectivity index (χ0n) is 14.7. The lowest BCUT2D eigenvalue weighted by Gasteiger charge is -2.13. The van der Waals surface area contributed by atoms with Crippen LogP contribution in [0.25, 0.3) is 0 Å². The number of benzene rings is 1. The van der Waals surface area contributed by atoms with Gasteiger partial charge >= 0.3 is 6.03 Å². The van der Waals surface area contributed by atoms with E-state index in [1.165, 1.54) is 0 Å². The Bertz CT molecular complexity index is 604. The van der Waals surface area contributed by atoms with E-state index >= 15 is 0 Å². The van der Waals surface area contributed by atoms with Gasteiger partial charge in [0, 0.05) is 19.6 Å². The molecule has 25 heavy (non-hydrogen) atoms. The predicted octanol–water partition coefficient (Wildman–Crippen LogP) is 1.08. The van der Waals surface area contributed by atoms with E-state index in [2.05, 4.69) is 10.6 Å². The highest BCUT2D eigenvalue weighted by molar-refractivity contribution is 6.06. The van der Waals surface area contributed by atoms with Gasteiger partial charge in [-0.1, -0.05) is 30.3 Å². The third-order valence-electron chi connectivity index (χ3n) is 3.79. The fourth-order valence-electron chi connectivity index (χ4n) is 2.53. The van der Waals surface area contributed by atoms with E-state index in [9.17, 15) is 14.4 Å². The largest absolute Gasteiger partial charge is 0.379 e. The van der Waals surface area contributed by atoms with Crippen molar-refractivity contribution in [3.8, 4) is 0 Å². The Kier molecular flexibility index (Phi) is 6.94. The fourth-order valence-corrected chi connectivity index (χ4v) is 2.53. The molecule has 1 aliphatic heterocycles. The van der Waals surface area contributed by atoms with Crippen molar-refractivity contribution in [3.63, 3.8) is 0 Å². The first-order chi connectivity index (χ1) is 12.0. The number of ether oxygens (including phenoxy) is 1. The third-order valence-corrected chi connectivity index (χ3v) is 3.79. The lowest BCUT2D eigenvalue weighted by atomic mass is 10.1. The molecule has 136 valence electrons. The molecule has 1 atom stereocenters. The van der Waals surface area contributed by atoms with Crippen LogP contribution < -0.4 is 10.6 Å². The van der Waals surface area contributed by atoms with Gasteiger partial charge in [0.05, 0.1) is 6.10 Å². The molecule has 0 saturated carbocycles. The normalized spacial score (nSPS) is 17.1. The van der Waals surface area contributed by atoms with Gasteiger partial charge in [-0.05, 0) is 25.8 Å². The lowest BCUT2D eigenvalue weighted by molar-refractivity contribution is -0.132. The van der Waals surface area contributed by atoms with Crippen LogP contribution in [0.1, 0.15) is 25.8 Å². The summed E-state index contributed by atoms with van der Waals surface area (Å²) in [6, 6.07) is 8.30. The van der Waals surface area contributed by atoms with Crippen molar-refractivity contribution in [1.82, 2.24) is 15.5 Å². The van der Waals surface area contributed by atoms with Gasteiger partial charge in [0.15, 0.2) is 0 Å². The van der Waals surface area contributed by atoms with E-state index in [0.717, 1.165) is 10.5 Å². The van der Waals surface area contributed by atoms with Gasteiger partial charge in [0.25, 0.3) is 5.91 Å². The molecule has 0 radical (unpaired) electrons. The van der Waals surface area contributed by atoms with Gasteiger partial charge in [-0.15, -0.1) is 0 Å². The Morgan fingerprint density at radius 3 is 2.68 bits per heavy atom. The molecule has 1 fully saturated rings. The second-order valence-electron chi connectivity index (χ2n) is 6.24.